The van der Waals surface area contributed by atoms with Crippen molar-refractivity contribution >= 4 is 17.2 Å². The molecular weight excluding hydrogens is 254 g/mol. The summed E-state index contributed by atoms with van der Waals surface area (Å²) < 4.78 is 0. The Kier molecular flexibility index (Phi) is 5.31. The Bertz CT molecular complexity index is 425. The fourth-order valence-electron chi connectivity index (χ4n) is 2.56. The highest BCUT2D eigenvalue weighted by molar-refractivity contribution is 7.80. The van der Waals surface area contributed by atoms with Crippen molar-refractivity contribution < 1.29 is 0 Å². The summed E-state index contributed by atoms with van der Waals surface area (Å²) in [5.74, 6) is 0. The molecule has 0 bridgehead atoms. The highest BCUT2D eigenvalue weighted by atomic mass is 32.1. The van der Waals surface area contributed by atoms with Gasteiger partial charge in [-0.2, -0.15) is 0 Å². The van der Waals surface area contributed by atoms with Crippen molar-refractivity contribution in [2.24, 2.45) is 5.73 Å². The first-order valence-electron chi connectivity index (χ1n) is 6.98. The smallest absolute Gasteiger partial charge is 0.0771 e. The number of benzene rings is 1. The number of likely N-dealkylation sites (N-methyl/N-ethyl adjacent to an activating group) is 1. The molecule has 0 amide bonds. The van der Waals surface area contributed by atoms with E-state index in [0.717, 1.165) is 26.2 Å². The number of rotatable bonds is 5. The molecular formula is C15H23N3S. The summed E-state index contributed by atoms with van der Waals surface area (Å²) in [4.78, 5) is 5.58. The first-order chi connectivity index (χ1) is 9.17. The van der Waals surface area contributed by atoms with Gasteiger partial charge in [-0.3, -0.25) is 4.90 Å². The average Bonchev–Trinajstić information content (AvgIpc) is 2.39. The zero-order chi connectivity index (χ0) is 13.7. The van der Waals surface area contributed by atoms with Gasteiger partial charge in [0.05, 0.1) is 4.99 Å². The molecule has 1 aromatic rings. The van der Waals surface area contributed by atoms with Crippen LogP contribution in [-0.4, -0.2) is 47.5 Å². The van der Waals surface area contributed by atoms with Gasteiger partial charge in [-0.05, 0) is 17.7 Å². The van der Waals surface area contributed by atoms with Gasteiger partial charge in [0.25, 0.3) is 0 Å². The number of nitrogens with zero attached hydrogens (tertiary/aromatic N) is 2. The summed E-state index contributed by atoms with van der Waals surface area (Å²) in [6.45, 7) is 9.11. The number of nitrogens with two attached hydrogens (primary N) is 1. The molecule has 104 valence electrons. The topological polar surface area (TPSA) is 32.5 Å². The summed E-state index contributed by atoms with van der Waals surface area (Å²) in [6.07, 6.45) is 0.701. The van der Waals surface area contributed by atoms with Gasteiger partial charge in [-0.25, -0.2) is 0 Å². The molecule has 2 N–H and O–H groups in total. The van der Waals surface area contributed by atoms with Crippen LogP contribution in [0, 0.1) is 0 Å². The third-order valence-corrected chi connectivity index (χ3v) is 3.83. The van der Waals surface area contributed by atoms with Crippen molar-refractivity contribution in [3.8, 4) is 0 Å². The highest BCUT2D eigenvalue weighted by Gasteiger charge is 2.15. The lowest BCUT2D eigenvalue weighted by molar-refractivity contribution is 0.132. The van der Waals surface area contributed by atoms with Crippen LogP contribution in [0.3, 0.4) is 0 Å². The van der Waals surface area contributed by atoms with Gasteiger partial charge in [-0.15, -0.1) is 0 Å². The van der Waals surface area contributed by atoms with Crippen LogP contribution in [0.1, 0.15) is 18.1 Å². The fourth-order valence-corrected chi connectivity index (χ4v) is 2.73. The zero-order valence-corrected chi connectivity index (χ0v) is 12.5. The second kappa shape index (κ2) is 6.98. The molecule has 1 saturated heterocycles. The molecule has 0 aromatic heterocycles. The monoisotopic (exact) mass is 277 g/mol. The predicted octanol–water partition coefficient (Wildman–Crippen LogP) is 1.65. The standard InChI is InChI=1S/C15H23N3S/c1-2-17-6-8-18(9-7-17)12-14-5-3-4-13(10-14)11-15(16)19/h3-5,10H,2,6-9,11-12H2,1H3,(H2,16,19). The molecule has 0 atom stereocenters. The number of piperazine rings is 1. The molecule has 19 heavy (non-hydrogen) atoms. The van der Waals surface area contributed by atoms with Crippen molar-refractivity contribution in [2.45, 2.75) is 19.9 Å². The molecule has 0 saturated carbocycles. The van der Waals surface area contributed by atoms with Crippen LogP contribution in [0.4, 0.5) is 0 Å². The van der Waals surface area contributed by atoms with E-state index in [1.54, 1.807) is 0 Å². The zero-order valence-electron chi connectivity index (χ0n) is 11.6. The van der Waals surface area contributed by atoms with E-state index in [-0.39, 0.29) is 0 Å². The average molecular weight is 277 g/mol. The quantitative estimate of drug-likeness (QED) is 0.830. The first-order valence-corrected chi connectivity index (χ1v) is 7.39. The van der Waals surface area contributed by atoms with Gasteiger partial charge < -0.3 is 10.6 Å². The predicted molar refractivity (Wildman–Crippen MR) is 84.3 cm³/mol. The Morgan fingerprint density at radius 2 is 1.79 bits per heavy atom. The second-order valence-corrected chi connectivity index (χ2v) is 5.70. The lowest BCUT2D eigenvalue weighted by atomic mass is 10.1. The molecule has 0 spiro atoms. The van der Waals surface area contributed by atoms with Crippen LogP contribution < -0.4 is 5.73 Å². The summed E-state index contributed by atoms with van der Waals surface area (Å²) in [5, 5.41) is 0. The summed E-state index contributed by atoms with van der Waals surface area (Å²) in [6, 6.07) is 8.61. The number of thiocarbonyl (C=S) groups is 1. The van der Waals surface area contributed by atoms with E-state index in [1.165, 1.54) is 24.2 Å². The fraction of sp³-hybridized carbons (Fsp3) is 0.533. The van der Waals surface area contributed by atoms with E-state index in [4.69, 9.17) is 18.0 Å². The molecule has 1 aliphatic rings. The van der Waals surface area contributed by atoms with E-state index < -0.39 is 0 Å². The molecule has 2 rings (SSSR count). The summed E-state index contributed by atoms with van der Waals surface area (Å²) in [7, 11) is 0. The number of hydrogen-bond acceptors (Lipinski definition) is 3. The Balaban J connectivity index is 1.90. The van der Waals surface area contributed by atoms with Crippen LogP contribution >= 0.6 is 12.2 Å². The van der Waals surface area contributed by atoms with Crippen LogP contribution in [0.25, 0.3) is 0 Å². The van der Waals surface area contributed by atoms with Crippen LogP contribution in [-0.2, 0) is 13.0 Å². The molecule has 0 radical (unpaired) electrons. The third-order valence-electron chi connectivity index (χ3n) is 3.69. The molecule has 4 heteroatoms. The molecule has 0 aliphatic carbocycles. The van der Waals surface area contributed by atoms with Gasteiger partial charge in [0.2, 0.25) is 0 Å². The maximum absolute atomic E-state index is 5.60. The van der Waals surface area contributed by atoms with Gasteiger partial charge >= 0.3 is 0 Å². The first kappa shape index (κ1) is 14.4. The Morgan fingerprint density at radius 1 is 1.16 bits per heavy atom. The molecule has 0 unspecified atom stereocenters. The molecule has 1 fully saturated rings. The minimum absolute atomic E-state index is 0.564. The normalized spacial score (nSPS) is 17.5. The minimum Gasteiger partial charge on any atom is -0.393 e. The minimum atomic E-state index is 0.564. The van der Waals surface area contributed by atoms with Gasteiger partial charge in [0, 0.05) is 39.1 Å². The van der Waals surface area contributed by atoms with Crippen molar-refractivity contribution in [3.63, 3.8) is 0 Å². The van der Waals surface area contributed by atoms with Crippen LogP contribution in [0.5, 0.6) is 0 Å². The van der Waals surface area contributed by atoms with Crippen molar-refractivity contribution in [2.75, 3.05) is 32.7 Å². The highest BCUT2D eigenvalue weighted by Crippen LogP contribution is 2.11. The van der Waals surface area contributed by atoms with Crippen molar-refractivity contribution in [1.29, 1.82) is 0 Å². The molecule has 3 nitrogen and oxygen atoms in total. The van der Waals surface area contributed by atoms with Gasteiger partial charge in [0.1, 0.15) is 0 Å². The number of hydrogen-bond donors (Lipinski definition) is 1. The van der Waals surface area contributed by atoms with Crippen molar-refractivity contribution in [1.82, 2.24) is 9.80 Å². The van der Waals surface area contributed by atoms with Gasteiger partial charge in [0.15, 0.2) is 0 Å². The Hall–Kier alpha value is -0.970. The van der Waals surface area contributed by atoms with E-state index in [0.29, 0.717) is 11.4 Å². The maximum Gasteiger partial charge on any atom is 0.0771 e. The Labute approximate surface area is 121 Å². The van der Waals surface area contributed by atoms with Crippen molar-refractivity contribution in [3.05, 3.63) is 35.4 Å². The largest absolute Gasteiger partial charge is 0.393 e. The van der Waals surface area contributed by atoms with E-state index in [1.807, 2.05) is 0 Å². The molecule has 1 heterocycles. The molecule has 1 aromatic carbocycles. The van der Waals surface area contributed by atoms with E-state index in [2.05, 4.69) is 41.0 Å². The summed E-state index contributed by atoms with van der Waals surface area (Å²) >= 11 is 4.97. The second-order valence-electron chi connectivity index (χ2n) is 5.17. The lowest BCUT2D eigenvalue weighted by Gasteiger charge is -2.34. The van der Waals surface area contributed by atoms with Crippen LogP contribution in [0.2, 0.25) is 0 Å². The van der Waals surface area contributed by atoms with E-state index in [9.17, 15) is 0 Å². The third kappa shape index (κ3) is 4.56. The van der Waals surface area contributed by atoms with Gasteiger partial charge in [-0.1, -0.05) is 43.4 Å². The summed E-state index contributed by atoms with van der Waals surface area (Å²) in [5.41, 5.74) is 8.18. The molecule has 1 aliphatic heterocycles. The SMILES string of the molecule is CCN1CCN(Cc2cccc(CC(N)=S)c2)CC1. The lowest BCUT2D eigenvalue weighted by Crippen LogP contribution is -2.45. The van der Waals surface area contributed by atoms with E-state index >= 15 is 0 Å². The maximum atomic E-state index is 5.60. The Morgan fingerprint density at radius 3 is 2.42 bits per heavy atom. The van der Waals surface area contributed by atoms with Crippen LogP contribution in [0.15, 0.2) is 24.3 Å².